The number of hydrogen-bond donors (Lipinski definition) is 1. The van der Waals surface area contributed by atoms with Gasteiger partial charge in [0.1, 0.15) is 5.75 Å². The molecular weight excluding hydrogens is 326 g/mol. The Kier molecular flexibility index (Phi) is 4.63. The fourth-order valence-electron chi connectivity index (χ4n) is 2.25. The van der Waals surface area contributed by atoms with Gasteiger partial charge in [-0.1, -0.05) is 12.1 Å². The van der Waals surface area contributed by atoms with E-state index in [0.717, 1.165) is 37.8 Å². The predicted octanol–water partition coefficient (Wildman–Crippen LogP) is 5.41. The maximum atomic E-state index is 5.84. The summed E-state index contributed by atoms with van der Waals surface area (Å²) < 4.78 is 5.84. The smallest absolute Gasteiger partial charge is 0.187 e. The first-order chi connectivity index (χ1) is 11.0. The van der Waals surface area contributed by atoms with Gasteiger partial charge in [-0.15, -0.1) is 22.7 Å². The van der Waals surface area contributed by atoms with Gasteiger partial charge in [-0.05, 0) is 39.8 Å². The van der Waals surface area contributed by atoms with Crippen LogP contribution >= 0.6 is 22.7 Å². The average molecular weight is 345 g/mol. The molecule has 0 aliphatic heterocycles. The first-order valence-corrected chi connectivity index (χ1v) is 9.15. The number of anilines is 2. The van der Waals surface area contributed by atoms with E-state index in [1.54, 1.807) is 22.7 Å². The molecule has 2 aromatic heterocycles. The molecule has 1 N–H and O–H groups in total. The van der Waals surface area contributed by atoms with E-state index in [-0.39, 0.29) is 6.10 Å². The third kappa shape index (κ3) is 3.71. The van der Waals surface area contributed by atoms with Crippen LogP contribution in [-0.2, 0) is 0 Å². The first-order valence-electron chi connectivity index (χ1n) is 7.45. The Morgan fingerprint density at radius 2 is 1.91 bits per heavy atom. The first kappa shape index (κ1) is 16.0. The van der Waals surface area contributed by atoms with Crippen molar-refractivity contribution in [1.29, 1.82) is 0 Å². The summed E-state index contributed by atoms with van der Waals surface area (Å²) in [7, 11) is 0. The number of aryl methyl sites for hydroxylation is 2. The van der Waals surface area contributed by atoms with Crippen molar-refractivity contribution in [2.45, 2.75) is 33.8 Å². The van der Waals surface area contributed by atoms with Gasteiger partial charge in [0.15, 0.2) is 5.13 Å². The molecule has 120 valence electrons. The zero-order valence-corrected chi connectivity index (χ0v) is 15.2. The van der Waals surface area contributed by atoms with Crippen LogP contribution in [0.4, 0.5) is 10.8 Å². The predicted molar refractivity (Wildman–Crippen MR) is 98.2 cm³/mol. The number of thiazole rings is 2. The summed E-state index contributed by atoms with van der Waals surface area (Å²) in [5, 5.41) is 7.34. The monoisotopic (exact) mass is 345 g/mol. The van der Waals surface area contributed by atoms with Crippen molar-refractivity contribution in [2.75, 3.05) is 5.32 Å². The van der Waals surface area contributed by atoms with Gasteiger partial charge in [0.05, 0.1) is 33.1 Å². The van der Waals surface area contributed by atoms with Gasteiger partial charge in [-0.2, -0.15) is 0 Å². The van der Waals surface area contributed by atoms with E-state index in [9.17, 15) is 0 Å². The highest BCUT2D eigenvalue weighted by Crippen LogP contribution is 2.34. The van der Waals surface area contributed by atoms with Crippen molar-refractivity contribution in [1.82, 2.24) is 9.97 Å². The molecule has 0 amide bonds. The molecule has 0 aliphatic rings. The van der Waals surface area contributed by atoms with Crippen molar-refractivity contribution in [3.05, 3.63) is 40.3 Å². The van der Waals surface area contributed by atoms with Crippen LogP contribution in [0.3, 0.4) is 0 Å². The molecule has 0 spiro atoms. The van der Waals surface area contributed by atoms with Crippen molar-refractivity contribution >= 4 is 33.5 Å². The fraction of sp³-hybridized carbons (Fsp3) is 0.294. The van der Waals surface area contributed by atoms with Crippen molar-refractivity contribution in [2.24, 2.45) is 0 Å². The van der Waals surface area contributed by atoms with Gasteiger partial charge in [0.25, 0.3) is 0 Å². The summed E-state index contributed by atoms with van der Waals surface area (Å²) in [5.74, 6) is 0.837. The zero-order valence-electron chi connectivity index (χ0n) is 13.6. The Morgan fingerprint density at radius 3 is 2.61 bits per heavy atom. The molecule has 0 unspecified atom stereocenters. The average Bonchev–Trinajstić information content (AvgIpc) is 3.07. The summed E-state index contributed by atoms with van der Waals surface area (Å²) in [6, 6.07) is 7.93. The van der Waals surface area contributed by atoms with Gasteiger partial charge in [0.2, 0.25) is 0 Å². The highest BCUT2D eigenvalue weighted by atomic mass is 32.1. The van der Waals surface area contributed by atoms with Gasteiger partial charge < -0.3 is 10.1 Å². The fourth-order valence-corrected chi connectivity index (χ4v) is 3.92. The number of nitrogens with one attached hydrogen (secondary N) is 1. The molecule has 4 nitrogen and oxygen atoms in total. The second-order valence-corrected chi connectivity index (χ2v) is 7.53. The lowest BCUT2D eigenvalue weighted by atomic mass is 10.3. The quantitative estimate of drug-likeness (QED) is 0.671. The van der Waals surface area contributed by atoms with Gasteiger partial charge in [-0.3, -0.25) is 0 Å². The van der Waals surface area contributed by atoms with Crippen LogP contribution < -0.4 is 10.1 Å². The molecule has 0 fully saturated rings. The molecule has 0 radical (unpaired) electrons. The van der Waals surface area contributed by atoms with Crippen LogP contribution in [0.25, 0.3) is 10.6 Å². The number of aromatic nitrogens is 2. The van der Waals surface area contributed by atoms with Crippen LogP contribution in [0, 0.1) is 13.8 Å². The highest BCUT2D eigenvalue weighted by molar-refractivity contribution is 7.16. The highest BCUT2D eigenvalue weighted by Gasteiger charge is 2.13. The topological polar surface area (TPSA) is 47.0 Å². The van der Waals surface area contributed by atoms with E-state index in [1.807, 2.05) is 52.0 Å². The Bertz CT molecular complexity index is 808. The van der Waals surface area contributed by atoms with Crippen LogP contribution in [0.1, 0.15) is 24.5 Å². The summed E-state index contributed by atoms with van der Waals surface area (Å²) in [6.07, 6.45) is 0.132. The largest absolute Gasteiger partial charge is 0.489 e. The molecule has 0 atom stereocenters. The minimum Gasteiger partial charge on any atom is -0.489 e. The molecule has 0 aliphatic carbocycles. The normalized spacial score (nSPS) is 11.0. The van der Waals surface area contributed by atoms with Crippen LogP contribution in [0.15, 0.2) is 29.6 Å². The Morgan fingerprint density at radius 1 is 1.13 bits per heavy atom. The van der Waals surface area contributed by atoms with E-state index >= 15 is 0 Å². The number of hydrogen-bond acceptors (Lipinski definition) is 6. The standard InChI is InChI=1S/C17H19N3OS2/c1-10(2)21-15-8-6-5-7-13(15)19-17-20-14(9-22-17)16-11(3)18-12(4)23-16/h5-10H,1-4H3,(H,19,20). The second kappa shape index (κ2) is 6.68. The van der Waals surface area contributed by atoms with Crippen LogP contribution in [0.2, 0.25) is 0 Å². The molecule has 6 heteroatoms. The molecule has 0 saturated heterocycles. The third-order valence-corrected chi connectivity index (χ3v) is 4.98. The van der Waals surface area contributed by atoms with Gasteiger partial charge in [-0.25, -0.2) is 9.97 Å². The zero-order chi connectivity index (χ0) is 16.4. The number of nitrogens with zero attached hydrogens (tertiary/aromatic N) is 2. The lowest BCUT2D eigenvalue weighted by molar-refractivity contribution is 0.244. The SMILES string of the molecule is Cc1nc(C)c(-c2csc(Nc3ccccc3OC(C)C)n2)s1. The second-order valence-electron chi connectivity index (χ2n) is 5.47. The molecule has 0 saturated carbocycles. The van der Waals surface area contributed by atoms with E-state index in [1.165, 1.54) is 0 Å². The van der Waals surface area contributed by atoms with Gasteiger partial charge >= 0.3 is 0 Å². The van der Waals surface area contributed by atoms with Crippen molar-refractivity contribution in [3.63, 3.8) is 0 Å². The molecular formula is C17H19N3OS2. The molecule has 1 aromatic carbocycles. The minimum absolute atomic E-state index is 0.132. The molecule has 23 heavy (non-hydrogen) atoms. The molecule has 2 heterocycles. The summed E-state index contributed by atoms with van der Waals surface area (Å²) in [6.45, 7) is 8.09. The van der Waals surface area contributed by atoms with E-state index < -0.39 is 0 Å². The summed E-state index contributed by atoms with van der Waals surface area (Å²) >= 11 is 3.27. The van der Waals surface area contributed by atoms with Crippen molar-refractivity contribution in [3.8, 4) is 16.3 Å². The lowest BCUT2D eigenvalue weighted by Crippen LogP contribution is -2.07. The summed E-state index contributed by atoms with van der Waals surface area (Å²) in [5.41, 5.74) is 2.94. The Labute approximate surface area is 144 Å². The molecule has 0 bridgehead atoms. The Hall–Kier alpha value is -1.92. The van der Waals surface area contributed by atoms with Gasteiger partial charge in [0, 0.05) is 5.38 Å². The maximum absolute atomic E-state index is 5.84. The number of para-hydroxylation sites is 2. The third-order valence-electron chi connectivity index (χ3n) is 3.13. The van der Waals surface area contributed by atoms with Crippen molar-refractivity contribution < 1.29 is 4.74 Å². The van der Waals surface area contributed by atoms with Crippen LogP contribution in [0.5, 0.6) is 5.75 Å². The molecule has 3 rings (SSSR count). The minimum atomic E-state index is 0.132. The Balaban J connectivity index is 1.84. The van der Waals surface area contributed by atoms with Crippen LogP contribution in [-0.4, -0.2) is 16.1 Å². The lowest BCUT2D eigenvalue weighted by Gasteiger charge is -2.14. The number of benzene rings is 1. The summed E-state index contributed by atoms with van der Waals surface area (Å²) in [4.78, 5) is 10.3. The van der Waals surface area contributed by atoms with E-state index in [2.05, 4.69) is 15.7 Å². The maximum Gasteiger partial charge on any atom is 0.187 e. The van der Waals surface area contributed by atoms with E-state index in [4.69, 9.17) is 9.72 Å². The molecule has 3 aromatic rings. The number of rotatable bonds is 5. The number of ether oxygens (including phenoxy) is 1. The van der Waals surface area contributed by atoms with E-state index in [0.29, 0.717) is 0 Å².